The molecule has 0 radical (unpaired) electrons. The summed E-state index contributed by atoms with van der Waals surface area (Å²) in [5.41, 5.74) is 10.7. The zero-order valence-electron chi connectivity index (χ0n) is 24.9. The first kappa shape index (κ1) is 30.6. The predicted molar refractivity (Wildman–Crippen MR) is 169 cm³/mol. The largest absolute Gasteiger partial charge is 0.489 e. The van der Waals surface area contributed by atoms with Crippen molar-refractivity contribution in [3.8, 4) is 17.0 Å². The van der Waals surface area contributed by atoms with Crippen LogP contribution < -0.4 is 15.4 Å². The van der Waals surface area contributed by atoms with E-state index in [1.165, 1.54) is 5.56 Å². The third-order valence-electron chi connectivity index (χ3n) is 9.16. The van der Waals surface area contributed by atoms with Gasteiger partial charge in [0.05, 0.1) is 30.4 Å². The van der Waals surface area contributed by atoms with Gasteiger partial charge in [-0.05, 0) is 80.0 Å². The predicted octanol–water partition coefficient (Wildman–Crippen LogP) is 4.20. The Morgan fingerprint density at radius 1 is 1.05 bits per heavy atom. The minimum atomic E-state index is -0.915. The van der Waals surface area contributed by atoms with Crippen molar-refractivity contribution in [2.24, 2.45) is 5.92 Å². The van der Waals surface area contributed by atoms with Gasteiger partial charge in [-0.2, -0.15) is 4.98 Å². The highest BCUT2D eigenvalue weighted by molar-refractivity contribution is 6.30. The number of fused-ring (bicyclic) bond motifs is 3. The standard InChI is InChI=1S/C33H40ClN5O5/c34-25-4-1-22(2-5-25)20-44-26-6-8-27-24(19-26)3-7-28-29(27)36-32(35)37-30(28)39-15-13-38(14-16-39)17-18-43-21-33(42)11-9-23(10-12-33)31(40)41/h1-2,4-6,8,19,23,42H,3,7,9-18,20-21H2,(H,40,41)(H2,35,36,37). The molecule has 2 heterocycles. The highest BCUT2D eigenvalue weighted by atomic mass is 35.5. The van der Waals surface area contributed by atoms with Crippen LogP contribution in [-0.4, -0.2) is 82.6 Å². The Balaban J connectivity index is 1.02. The van der Waals surface area contributed by atoms with E-state index in [0.29, 0.717) is 43.9 Å². The number of nitrogen functional groups attached to an aromatic ring is 1. The van der Waals surface area contributed by atoms with Crippen molar-refractivity contribution in [3.05, 3.63) is 64.2 Å². The number of anilines is 2. The fourth-order valence-corrected chi connectivity index (χ4v) is 6.62. The molecule has 0 atom stereocenters. The molecule has 10 nitrogen and oxygen atoms in total. The van der Waals surface area contributed by atoms with E-state index in [1.807, 2.05) is 30.3 Å². The SMILES string of the molecule is Nc1nc2c(c(N3CCN(CCOCC4(O)CCC(C(=O)O)CC4)CC3)n1)CCc1cc(OCc3ccc(Cl)cc3)ccc1-2. The number of hydrogen-bond donors (Lipinski definition) is 3. The van der Waals surface area contributed by atoms with Crippen LogP contribution in [0.1, 0.15) is 42.4 Å². The molecule has 2 fully saturated rings. The number of carboxylic acids is 1. The lowest BCUT2D eigenvalue weighted by atomic mass is 9.79. The summed E-state index contributed by atoms with van der Waals surface area (Å²) in [6, 6.07) is 13.8. The summed E-state index contributed by atoms with van der Waals surface area (Å²) in [5.74, 6) is 0.908. The van der Waals surface area contributed by atoms with Gasteiger partial charge in [-0.15, -0.1) is 0 Å². The van der Waals surface area contributed by atoms with Gasteiger partial charge in [-0.25, -0.2) is 4.98 Å². The van der Waals surface area contributed by atoms with Crippen molar-refractivity contribution in [1.29, 1.82) is 0 Å². The first-order chi connectivity index (χ1) is 21.3. The van der Waals surface area contributed by atoms with E-state index in [-0.39, 0.29) is 18.5 Å². The topological polar surface area (TPSA) is 134 Å². The van der Waals surface area contributed by atoms with Gasteiger partial charge in [0, 0.05) is 48.9 Å². The molecule has 3 aromatic rings. The Hall–Kier alpha value is -3.44. The number of ether oxygens (including phenoxy) is 2. The van der Waals surface area contributed by atoms with Crippen LogP contribution in [0.2, 0.25) is 5.02 Å². The smallest absolute Gasteiger partial charge is 0.306 e. The summed E-state index contributed by atoms with van der Waals surface area (Å²) in [4.78, 5) is 25.2. The van der Waals surface area contributed by atoms with Gasteiger partial charge in [0.15, 0.2) is 0 Å². The molecular weight excluding hydrogens is 582 g/mol. The van der Waals surface area contributed by atoms with E-state index in [9.17, 15) is 15.0 Å². The zero-order chi connectivity index (χ0) is 30.7. The number of piperazine rings is 1. The summed E-state index contributed by atoms with van der Waals surface area (Å²) >= 11 is 6.00. The molecule has 234 valence electrons. The first-order valence-electron chi connectivity index (χ1n) is 15.4. The van der Waals surface area contributed by atoms with Crippen LogP contribution in [0.25, 0.3) is 11.3 Å². The molecule has 1 saturated heterocycles. The second-order valence-electron chi connectivity index (χ2n) is 12.2. The summed E-state index contributed by atoms with van der Waals surface area (Å²) in [5, 5.41) is 20.7. The highest BCUT2D eigenvalue weighted by Crippen LogP contribution is 2.39. The van der Waals surface area contributed by atoms with Gasteiger partial charge in [0.1, 0.15) is 18.2 Å². The van der Waals surface area contributed by atoms with Gasteiger partial charge < -0.3 is 30.3 Å². The molecule has 2 aromatic carbocycles. The van der Waals surface area contributed by atoms with Crippen LogP contribution in [0.4, 0.5) is 11.8 Å². The molecule has 1 aromatic heterocycles. The van der Waals surface area contributed by atoms with Gasteiger partial charge in [0.25, 0.3) is 0 Å². The molecule has 1 saturated carbocycles. The number of rotatable bonds is 10. The third kappa shape index (κ3) is 7.10. The van der Waals surface area contributed by atoms with E-state index in [1.54, 1.807) is 0 Å². The molecule has 44 heavy (non-hydrogen) atoms. The van der Waals surface area contributed by atoms with E-state index in [0.717, 1.165) is 79.5 Å². The van der Waals surface area contributed by atoms with Crippen LogP contribution in [-0.2, 0) is 29.0 Å². The number of aryl methyl sites for hydroxylation is 1. The molecule has 2 aliphatic carbocycles. The monoisotopic (exact) mass is 621 g/mol. The first-order valence-corrected chi connectivity index (χ1v) is 15.8. The average molecular weight is 622 g/mol. The number of aromatic nitrogens is 2. The Kier molecular flexibility index (Phi) is 9.23. The number of benzene rings is 2. The van der Waals surface area contributed by atoms with Crippen LogP contribution >= 0.6 is 11.6 Å². The number of hydrogen-bond acceptors (Lipinski definition) is 9. The van der Waals surface area contributed by atoms with Crippen molar-refractivity contribution < 1.29 is 24.5 Å². The number of nitrogens with zero attached hydrogens (tertiary/aromatic N) is 4. The number of halogens is 1. The Labute approximate surface area is 262 Å². The van der Waals surface area contributed by atoms with E-state index < -0.39 is 11.6 Å². The van der Waals surface area contributed by atoms with Crippen LogP contribution in [0, 0.1) is 5.92 Å². The number of nitrogens with two attached hydrogens (primary N) is 1. The second kappa shape index (κ2) is 13.3. The summed E-state index contributed by atoms with van der Waals surface area (Å²) < 4.78 is 11.9. The number of carboxylic acid groups (broad SMARTS) is 1. The number of carbonyl (C=O) groups is 1. The lowest BCUT2D eigenvalue weighted by Gasteiger charge is -2.37. The minimum Gasteiger partial charge on any atom is -0.489 e. The van der Waals surface area contributed by atoms with Crippen LogP contribution in [0.5, 0.6) is 5.75 Å². The molecule has 6 rings (SSSR count). The Morgan fingerprint density at radius 2 is 1.80 bits per heavy atom. The molecule has 4 N–H and O–H groups in total. The van der Waals surface area contributed by atoms with Crippen LogP contribution in [0.15, 0.2) is 42.5 Å². The van der Waals surface area contributed by atoms with E-state index >= 15 is 0 Å². The van der Waals surface area contributed by atoms with Crippen molar-refractivity contribution in [2.75, 3.05) is 56.6 Å². The minimum absolute atomic E-state index is 0.253. The maximum atomic E-state index is 11.2. The lowest BCUT2D eigenvalue weighted by molar-refractivity contribution is -0.146. The fourth-order valence-electron chi connectivity index (χ4n) is 6.49. The van der Waals surface area contributed by atoms with E-state index in [4.69, 9.17) is 31.8 Å². The highest BCUT2D eigenvalue weighted by Gasteiger charge is 2.36. The van der Waals surface area contributed by atoms with Gasteiger partial charge >= 0.3 is 5.97 Å². The Bertz CT molecular complexity index is 1470. The molecule has 0 amide bonds. The summed E-state index contributed by atoms with van der Waals surface area (Å²) in [6.07, 6.45) is 3.66. The molecule has 0 bridgehead atoms. The fraction of sp³-hybridized carbons (Fsp3) is 0.485. The zero-order valence-corrected chi connectivity index (χ0v) is 25.6. The number of aliphatic hydroxyl groups is 1. The van der Waals surface area contributed by atoms with Crippen molar-refractivity contribution in [1.82, 2.24) is 14.9 Å². The molecule has 11 heteroatoms. The number of aliphatic carboxylic acids is 1. The maximum absolute atomic E-state index is 11.2. The molecule has 3 aliphatic rings. The average Bonchev–Trinajstić information content (AvgIpc) is 3.03. The molecule has 1 aliphatic heterocycles. The van der Waals surface area contributed by atoms with Gasteiger partial charge in [0.2, 0.25) is 5.95 Å². The molecule has 0 spiro atoms. The lowest BCUT2D eigenvalue weighted by Crippen LogP contribution is -2.48. The van der Waals surface area contributed by atoms with E-state index in [2.05, 4.69) is 26.9 Å². The quantitative estimate of drug-likeness (QED) is 0.283. The van der Waals surface area contributed by atoms with Crippen molar-refractivity contribution >= 4 is 29.3 Å². The molecular formula is C33H40ClN5O5. The van der Waals surface area contributed by atoms with Gasteiger partial charge in [-0.3, -0.25) is 9.69 Å². The van der Waals surface area contributed by atoms with Crippen LogP contribution in [0.3, 0.4) is 0 Å². The van der Waals surface area contributed by atoms with Gasteiger partial charge in [-0.1, -0.05) is 23.7 Å². The Morgan fingerprint density at radius 3 is 2.52 bits per heavy atom. The second-order valence-corrected chi connectivity index (χ2v) is 12.6. The third-order valence-corrected chi connectivity index (χ3v) is 9.41. The summed E-state index contributed by atoms with van der Waals surface area (Å²) in [6.45, 7) is 5.44. The molecule has 0 unspecified atom stereocenters. The normalized spacial score (nSPS) is 21.9. The van der Waals surface area contributed by atoms with Crippen molar-refractivity contribution in [3.63, 3.8) is 0 Å². The maximum Gasteiger partial charge on any atom is 0.306 e. The summed E-state index contributed by atoms with van der Waals surface area (Å²) in [7, 11) is 0. The van der Waals surface area contributed by atoms with Crippen molar-refractivity contribution in [2.45, 2.75) is 50.7 Å².